The summed E-state index contributed by atoms with van der Waals surface area (Å²) in [6, 6.07) is 0. The van der Waals surface area contributed by atoms with Crippen molar-refractivity contribution in [3.63, 3.8) is 0 Å². The van der Waals surface area contributed by atoms with Gasteiger partial charge in [-0.1, -0.05) is 26.2 Å². The average molecular weight is 298 g/mol. The molecule has 7 heteroatoms. The summed E-state index contributed by atoms with van der Waals surface area (Å²) in [4.78, 5) is 19.8. The van der Waals surface area contributed by atoms with Gasteiger partial charge in [0.05, 0.1) is 6.61 Å². The summed E-state index contributed by atoms with van der Waals surface area (Å²) >= 11 is 1.30. The van der Waals surface area contributed by atoms with Crippen molar-refractivity contribution in [3.8, 4) is 0 Å². The van der Waals surface area contributed by atoms with Crippen molar-refractivity contribution in [1.82, 2.24) is 4.98 Å². The maximum Gasteiger partial charge on any atom is 0.357 e. The maximum absolute atomic E-state index is 11.4. The van der Waals surface area contributed by atoms with Gasteiger partial charge in [-0.3, -0.25) is 4.99 Å². The van der Waals surface area contributed by atoms with Gasteiger partial charge in [0.15, 0.2) is 16.8 Å². The molecule has 0 bridgehead atoms. The Kier molecular flexibility index (Phi) is 7.64. The van der Waals surface area contributed by atoms with Gasteiger partial charge >= 0.3 is 5.97 Å². The first-order valence-electron chi connectivity index (χ1n) is 6.87. The number of thiazole rings is 1. The van der Waals surface area contributed by atoms with E-state index in [2.05, 4.69) is 22.2 Å². The molecule has 1 aromatic heterocycles. The molecule has 6 nitrogen and oxygen atoms in total. The van der Waals surface area contributed by atoms with Crippen molar-refractivity contribution < 1.29 is 9.53 Å². The number of guanidine groups is 1. The molecular weight excluding hydrogens is 276 g/mol. The van der Waals surface area contributed by atoms with E-state index < -0.39 is 5.97 Å². The van der Waals surface area contributed by atoms with E-state index in [1.54, 1.807) is 12.3 Å². The lowest BCUT2D eigenvalue weighted by Gasteiger charge is -2.01. The Labute approximate surface area is 123 Å². The van der Waals surface area contributed by atoms with E-state index in [0.717, 1.165) is 12.8 Å². The summed E-state index contributed by atoms with van der Waals surface area (Å²) in [6.07, 6.45) is 4.62. The number of rotatable bonds is 8. The molecule has 0 aliphatic heterocycles. The zero-order valence-electron chi connectivity index (χ0n) is 12.0. The van der Waals surface area contributed by atoms with Gasteiger partial charge in [-0.15, -0.1) is 11.3 Å². The number of hydrogen-bond acceptors (Lipinski definition) is 5. The van der Waals surface area contributed by atoms with Crippen LogP contribution in [0.2, 0.25) is 0 Å². The second-order valence-corrected chi connectivity index (χ2v) is 5.07. The zero-order valence-corrected chi connectivity index (χ0v) is 12.8. The summed E-state index contributed by atoms with van der Waals surface area (Å²) in [7, 11) is 0. The summed E-state index contributed by atoms with van der Waals surface area (Å²) in [5.41, 5.74) is 6.04. The highest BCUT2D eigenvalue weighted by atomic mass is 32.1. The molecule has 0 spiro atoms. The fourth-order valence-corrected chi connectivity index (χ4v) is 2.20. The first-order chi connectivity index (χ1) is 9.67. The monoisotopic (exact) mass is 298 g/mol. The number of aromatic nitrogens is 1. The molecule has 0 aliphatic rings. The number of esters is 1. The van der Waals surface area contributed by atoms with Gasteiger partial charge in [-0.2, -0.15) is 0 Å². The molecular formula is C13H22N4O2S. The highest BCUT2D eigenvalue weighted by molar-refractivity contribution is 7.14. The Bertz CT molecular complexity index is 445. The van der Waals surface area contributed by atoms with Gasteiger partial charge in [0.2, 0.25) is 0 Å². The molecule has 20 heavy (non-hydrogen) atoms. The molecule has 3 N–H and O–H groups in total. The highest BCUT2D eigenvalue weighted by Gasteiger charge is 2.11. The quantitative estimate of drug-likeness (QED) is 0.333. The number of nitrogens with zero attached hydrogens (tertiary/aromatic N) is 2. The predicted octanol–water partition coefficient (Wildman–Crippen LogP) is 2.63. The van der Waals surface area contributed by atoms with Crippen molar-refractivity contribution in [2.75, 3.05) is 18.5 Å². The van der Waals surface area contributed by atoms with E-state index in [4.69, 9.17) is 10.5 Å². The Morgan fingerprint density at radius 3 is 2.95 bits per heavy atom. The van der Waals surface area contributed by atoms with Crippen LogP contribution >= 0.6 is 11.3 Å². The highest BCUT2D eigenvalue weighted by Crippen LogP contribution is 2.15. The number of anilines is 1. The zero-order chi connectivity index (χ0) is 14.8. The third kappa shape index (κ3) is 6.01. The van der Waals surface area contributed by atoms with Gasteiger partial charge in [0.25, 0.3) is 0 Å². The third-order valence-corrected chi connectivity index (χ3v) is 3.28. The molecule has 0 fully saturated rings. The lowest BCUT2D eigenvalue weighted by atomic mass is 10.2. The standard InChI is InChI=1S/C13H22N4O2S/c1-3-5-6-7-8-15-12(14)17-13-16-10(9-20-13)11(18)19-4-2/h9H,3-8H2,1-2H3,(H3,14,15,16,17). The van der Waals surface area contributed by atoms with Gasteiger partial charge in [-0.25, -0.2) is 9.78 Å². The van der Waals surface area contributed by atoms with E-state index in [1.807, 2.05) is 0 Å². The molecule has 0 atom stereocenters. The fourth-order valence-electron chi connectivity index (χ4n) is 1.52. The molecule has 0 aromatic carbocycles. The number of hydrogen-bond donors (Lipinski definition) is 2. The second kappa shape index (κ2) is 9.30. The summed E-state index contributed by atoms with van der Waals surface area (Å²) < 4.78 is 4.86. The minimum atomic E-state index is -0.424. The minimum absolute atomic E-state index is 0.287. The molecule has 0 radical (unpaired) electrons. The number of nitrogens with one attached hydrogen (secondary N) is 1. The summed E-state index contributed by atoms with van der Waals surface area (Å²) in [5.74, 6) is -0.0990. The summed E-state index contributed by atoms with van der Waals surface area (Å²) in [6.45, 7) is 4.96. The maximum atomic E-state index is 11.4. The van der Waals surface area contributed by atoms with Gasteiger partial charge in [0, 0.05) is 11.9 Å². The molecule has 0 saturated heterocycles. The van der Waals surface area contributed by atoms with Crippen LogP contribution in [0.1, 0.15) is 50.0 Å². The average Bonchev–Trinajstić information content (AvgIpc) is 2.87. The van der Waals surface area contributed by atoms with E-state index >= 15 is 0 Å². The fraction of sp³-hybridized carbons (Fsp3) is 0.615. The van der Waals surface area contributed by atoms with Crippen LogP contribution in [0.4, 0.5) is 5.13 Å². The van der Waals surface area contributed by atoms with Gasteiger partial charge < -0.3 is 15.8 Å². The minimum Gasteiger partial charge on any atom is -0.461 e. The topological polar surface area (TPSA) is 89.6 Å². The molecule has 0 unspecified atom stereocenters. The first-order valence-corrected chi connectivity index (χ1v) is 7.75. The van der Waals surface area contributed by atoms with E-state index in [-0.39, 0.29) is 5.69 Å². The normalized spacial score (nSPS) is 11.4. The molecule has 112 valence electrons. The second-order valence-electron chi connectivity index (χ2n) is 4.21. The number of carbonyl (C=O) groups excluding carboxylic acids is 1. The Morgan fingerprint density at radius 2 is 2.25 bits per heavy atom. The van der Waals surface area contributed by atoms with Crippen LogP contribution in [-0.2, 0) is 4.74 Å². The smallest absolute Gasteiger partial charge is 0.357 e. The van der Waals surface area contributed by atoms with Gasteiger partial charge in [-0.05, 0) is 13.3 Å². The SMILES string of the molecule is CCCCCCN=C(N)Nc1nc(C(=O)OCC)cs1. The predicted molar refractivity (Wildman–Crippen MR) is 82.3 cm³/mol. The Hall–Kier alpha value is -1.63. The van der Waals surface area contributed by atoms with Crippen LogP contribution in [-0.4, -0.2) is 30.1 Å². The number of ether oxygens (including phenoxy) is 1. The van der Waals surface area contributed by atoms with Crippen LogP contribution < -0.4 is 11.1 Å². The van der Waals surface area contributed by atoms with Crippen molar-refractivity contribution in [2.24, 2.45) is 10.7 Å². The van der Waals surface area contributed by atoms with Crippen molar-refractivity contribution in [2.45, 2.75) is 39.5 Å². The van der Waals surface area contributed by atoms with Crippen molar-refractivity contribution >= 4 is 28.4 Å². The van der Waals surface area contributed by atoms with Crippen molar-refractivity contribution in [1.29, 1.82) is 0 Å². The Morgan fingerprint density at radius 1 is 1.45 bits per heavy atom. The van der Waals surface area contributed by atoms with Crippen LogP contribution in [0, 0.1) is 0 Å². The number of aliphatic imine (C=N–C) groups is 1. The molecule has 0 saturated carbocycles. The first kappa shape index (κ1) is 16.4. The van der Waals surface area contributed by atoms with E-state index in [9.17, 15) is 4.79 Å². The molecule has 1 rings (SSSR count). The lowest BCUT2D eigenvalue weighted by molar-refractivity contribution is 0.0520. The third-order valence-electron chi connectivity index (χ3n) is 2.52. The molecule has 0 aliphatic carbocycles. The number of nitrogens with two attached hydrogens (primary N) is 1. The van der Waals surface area contributed by atoms with Crippen LogP contribution in [0.15, 0.2) is 10.4 Å². The molecule has 1 aromatic rings. The molecule has 0 amide bonds. The van der Waals surface area contributed by atoms with Crippen LogP contribution in [0.5, 0.6) is 0 Å². The largest absolute Gasteiger partial charge is 0.461 e. The number of unbranched alkanes of at least 4 members (excludes halogenated alkanes) is 3. The van der Waals surface area contributed by atoms with Crippen LogP contribution in [0.25, 0.3) is 0 Å². The molecule has 1 heterocycles. The number of carbonyl (C=O) groups is 1. The van der Waals surface area contributed by atoms with Crippen molar-refractivity contribution in [3.05, 3.63) is 11.1 Å². The summed E-state index contributed by atoms with van der Waals surface area (Å²) in [5, 5.41) is 5.06. The van der Waals surface area contributed by atoms with Crippen LogP contribution in [0.3, 0.4) is 0 Å². The van der Waals surface area contributed by atoms with E-state index in [0.29, 0.717) is 24.2 Å². The lowest BCUT2D eigenvalue weighted by Crippen LogP contribution is -2.22. The Balaban J connectivity index is 2.40. The van der Waals surface area contributed by atoms with Gasteiger partial charge in [0.1, 0.15) is 0 Å². The van der Waals surface area contributed by atoms with E-state index in [1.165, 1.54) is 24.2 Å².